The second-order valence-corrected chi connectivity index (χ2v) is 7.83. The fourth-order valence-corrected chi connectivity index (χ4v) is 4.45. The van der Waals surface area contributed by atoms with E-state index in [1.807, 2.05) is 66.7 Å². The molecule has 0 fully saturated rings. The number of pyridine rings is 1. The van der Waals surface area contributed by atoms with Gasteiger partial charge in [0.2, 0.25) is 0 Å². The Morgan fingerprint density at radius 2 is 1.66 bits per heavy atom. The van der Waals surface area contributed by atoms with Crippen LogP contribution in [0.25, 0.3) is 0 Å². The van der Waals surface area contributed by atoms with E-state index < -0.39 is 6.04 Å². The van der Waals surface area contributed by atoms with Crippen LogP contribution in [-0.2, 0) is 17.0 Å². The van der Waals surface area contributed by atoms with Crippen LogP contribution in [0.5, 0.6) is 0 Å². The fourth-order valence-electron chi connectivity index (χ4n) is 3.50. The van der Waals surface area contributed by atoms with Crippen LogP contribution in [0.1, 0.15) is 16.7 Å². The summed E-state index contributed by atoms with van der Waals surface area (Å²) in [6.45, 7) is 0. The number of aliphatic imine (C=N–C) groups is 2. The molecule has 6 heteroatoms. The van der Waals surface area contributed by atoms with Crippen molar-refractivity contribution in [3.63, 3.8) is 0 Å². The molecule has 0 saturated heterocycles. The number of carbonyl (C=O) groups is 1. The number of rotatable bonds is 4. The van der Waals surface area contributed by atoms with Gasteiger partial charge in [0.25, 0.3) is 5.91 Å². The van der Waals surface area contributed by atoms with Gasteiger partial charge in [0.15, 0.2) is 5.17 Å². The number of nitrogens with zero attached hydrogens (tertiary/aromatic N) is 4. The molecule has 1 atom stereocenters. The van der Waals surface area contributed by atoms with Crippen molar-refractivity contribution in [3.8, 4) is 0 Å². The fraction of sp³-hybridized carbons (Fsp3) is 0.130. The molecule has 0 unspecified atom stereocenters. The molecule has 3 heterocycles. The smallest absolute Gasteiger partial charge is 0.259 e. The van der Waals surface area contributed by atoms with Crippen LogP contribution in [0.4, 0.5) is 5.69 Å². The van der Waals surface area contributed by atoms with E-state index in [9.17, 15) is 4.79 Å². The lowest BCUT2D eigenvalue weighted by Crippen LogP contribution is -2.41. The van der Waals surface area contributed by atoms with Crippen molar-refractivity contribution >= 4 is 34.4 Å². The number of para-hydroxylation sites is 1. The number of aromatic nitrogens is 1. The minimum absolute atomic E-state index is 0.0145. The van der Waals surface area contributed by atoms with Crippen LogP contribution >= 0.6 is 11.8 Å². The SMILES string of the molecule is O=C1[C@@H](Cc2ccccc2)N=C2c3ccccc3N=C(SCc3ccncc3)N12. The molecule has 2 aromatic carbocycles. The molecule has 0 aliphatic carbocycles. The Bertz CT molecular complexity index is 1110. The van der Waals surface area contributed by atoms with Crippen LogP contribution in [0.2, 0.25) is 0 Å². The summed E-state index contributed by atoms with van der Waals surface area (Å²) < 4.78 is 0. The second kappa shape index (κ2) is 7.64. The maximum atomic E-state index is 13.3. The summed E-state index contributed by atoms with van der Waals surface area (Å²) in [6.07, 6.45) is 4.14. The average Bonchev–Trinajstić information content (AvgIpc) is 3.10. The number of hydrogen-bond acceptors (Lipinski definition) is 5. The molecule has 0 bridgehead atoms. The molecule has 0 N–H and O–H groups in total. The van der Waals surface area contributed by atoms with E-state index in [1.54, 1.807) is 29.1 Å². The molecule has 0 saturated carbocycles. The van der Waals surface area contributed by atoms with E-state index in [1.165, 1.54) is 0 Å². The Morgan fingerprint density at radius 3 is 2.48 bits per heavy atom. The van der Waals surface area contributed by atoms with Crippen LogP contribution < -0.4 is 0 Å². The zero-order valence-electron chi connectivity index (χ0n) is 15.6. The third-order valence-electron chi connectivity index (χ3n) is 4.94. The highest BCUT2D eigenvalue weighted by molar-refractivity contribution is 8.13. The normalized spacial score (nSPS) is 17.4. The summed E-state index contributed by atoms with van der Waals surface area (Å²) in [5, 5.41) is 0.680. The lowest BCUT2D eigenvalue weighted by molar-refractivity contribution is -0.124. The number of carbonyl (C=O) groups excluding carboxylic acids is 1. The van der Waals surface area contributed by atoms with Crippen LogP contribution in [0.15, 0.2) is 89.1 Å². The first-order valence-electron chi connectivity index (χ1n) is 9.45. The molecule has 3 aromatic rings. The van der Waals surface area contributed by atoms with Crippen molar-refractivity contribution in [1.29, 1.82) is 0 Å². The molecule has 0 radical (unpaired) electrons. The summed E-state index contributed by atoms with van der Waals surface area (Å²) >= 11 is 1.55. The van der Waals surface area contributed by atoms with Gasteiger partial charge in [-0.05, 0) is 35.4 Å². The average molecular weight is 398 g/mol. The predicted molar refractivity (Wildman–Crippen MR) is 116 cm³/mol. The van der Waals surface area contributed by atoms with Crippen molar-refractivity contribution < 1.29 is 4.79 Å². The monoisotopic (exact) mass is 398 g/mol. The lowest BCUT2D eigenvalue weighted by atomic mass is 10.1. The van der Waals surface area contributed by atoms with Crippen molar-refractivity contribution in [3.05, 3.63) is 95.8 Å². The zero-order valence-corrected chi connectivity index (χ0v) is 16.4. The number of hydrogen-bond donors (Lipinski definition) is 0. The van der Waals surface area contributed by atoms with Crippen LogP contribution in [-0.4, -0.2) is 32.8 Å². The van der Waals surface area contributed by atoms with Gasteiger partial charge in [-0.3, -0.25) is 14.8 Å². The van der Waals surface area contributed by atoms with Gasteiger partial charge in [-0.2, -0.15) is 0 Å². The van der Waals surface area contributed by atoms with Crippen LogP contribution in [0.3, 0.4) is 0 Å². The highest BCUT2D eigenvalue weighted by atomic mass is 32.2. The van der Waals surface area contributed by atoms with E-state index in [-0.39, 0.29) is 5.91 Å². The first-order chi connectivity index (χ1) is 14.3. The third-order valence-corrected chi connectivity index (χ3v) is 5.95. The number of thioether (sulfide) groups is 1. The maximum Gasteiger partial charge on any atom is 0.259 e. The Hall–Kier alpha value is -3.25. The summed E-state index contributed by atoms with van der Waals surface area (Å²) in [4.78, 5) is 28.6. The highest BCUT2D eigenvalue weighted by Crippen LogP contribution is 2.34. The van der Waals surface area contributed by atoms with Crippen molar-refractivity contribution in [2.75, 3.05) is 0 Å². The minimum atomic E-state index is -0.426. The molecule has 5 nitrogen and oxygen atoms in total. The summed E-state index contributed by atoms with van der Waals surface area (Å²) in [5.74, 6) is 1.40. The largest absolute Gasteiger partial charge is 0.271 e. The second-order valence-electron chi connectivity index (χ2n) is 6.89. The van der Waals surface area contributed by atoms with E-state index in [0.29, 0.717) is 23.2 Å². The van der Waals surface area contributed by atoms with Crippen LogP contribution in [0, 0.1) is 0 Å². The van der Waals surface area contributed by atoms with E-state index in [0.717, 1.165) is 22.4 Å². The van der Waals surface area contributed by atoms with Gasteiger partial charge in [0, 0.05) is 30.1 Å². The van der Waals surface area contributed by atoms with Crippen molar-refractivity contribution in [2.45, 2.75) is 18.2 Å². The minimum Gasteiger partial charge on any atom is -0.271 e. The quantitative estimate of drug-likeness (QED) is 0.661. The molecule has 0 spiro atoms. The molecular weight excluding hydrogens is 380 g/mol. The van der Waals surface area contributed by atoms with Gasteiger partial charge in [-0.1, -0.05) is 54.2 Å². The standard InChI is InChI=1S/C23H18N4OS/c28-22-20(14-16-6-2-1-3-7-16)25-21-18-8-4-5-9-19(18)26-23(27(21)22)29-15-17-10-12-24-13-11-17/h1-13,20H,14-15H2/t20-/m1/s1. The van der Waals surface area contributed by atoms with E-state index >= 15 is 0 Å². The number of amides is 1. The summed E-state index contributed by atoms with van der Waals surface area (Å²) in [5.41, 5.74) is 4.00. The third kappa shape index (κ3) is 3.47. The summed E-state index contributed by atoms with van der Waals surface area (Å²) in [6, 6.07) is 21.4. The first-order valence-corrected chi connectivity index (χ1v) is 10.4. The van der Waals surface area contributed by atoms with E-state index in [4.69, 9.17) is 9.98 Å². The van der Waals surface area contributed by atoms with Gasteiger partial charge in [0.05, 0.1) is 5.69 Å². The topological polar surface area (TPSA) is 57.9 Å². The molecular formula is C23H18N4OS. The zero-order chi connectivity index (χ0) is 19.6. The van der Waals surface area contributed by atoms with Gasteiger partial charge in [0.1, 0.15) is 11.9 Å². The molecule has 2 aliphatic rings. The molecule has 142 valence electrons. The Kier molecular flexibility index (Phi) is 4.69. The Morgan fingerprint density at radius 1 is 0.897 bits per heavy atom. The first kappa shape index (κ1) is 17.8. The van der Waals surface area contributed by atoms with Crippen molar-refractivity contribution in [2.24, 2.45) is 9.98 Å². The molecule has 2 aliphatic heterocycles. The van der Waals surface area contributed by atoms with E-state index in [2.05, 4.69) is 4.98 Å². The number of fused-ring (bicyclic) bond motifs is 3. The number of amidine groups is 2. The van der Waals surface area contributed by atoms with Gasteiger partial charge in [-0.25, -0.2) is 9.89 Å². The maximum absolute atomic E-state index is 13.3. The Balaban J connectivity index is 1.47. The molecule has 29 heavy (non-hydrogen) atoms. The highest BCUT2D eigenvalue weighted by Gasteiger charge is 2.41. The predicted octanol–water partition coefficient (Wildman–Crippen LogP) is 4.22. The molecule has 1 aromatic heterocycles. The molecule has 1 amide bonds. The molecule has 5 rings (SSSR count). The number of benzene rings is 2. The lowest BCUT2D eigenvalue weighted by Gasteiger charge is -2.25. The van der Waals surface area contributed by atoms with Gasteiger partial charge in [-0.15, -0.1) is 0 Å². The van der Waals surface area contributed by atoms with Gasteiger partial charge >= 0.3 is 0 Å². The summed E-state index contributed by atoms with van der Waals surface area (Å²) in [7, 11) is 0. The Labute approximate surface area is 173 Å². The van der Waals surface area contributed by atoms with Crippen molar-refractivity contribution in [1.82, 2.24) is 9.88 Å². The van der Waals surface area contributed by atoms with Gasteiger partial charge < -0.3 is 0 Å².